The summed E-state index contributed by atoms with van der Waals surface area (Å²) in [5.41, 5.74) is 2.34. The number of rotatable bonds is 6. The fourth-order valence-corrected chi connectivity index (χ4v) is 3.63. The van der Waals surface area contributed by atoms with Gasteiger partial charge >= 0.3 is 0 Å². The lowest BCUT2D eigenvalue weighted by molar-refractivity contribution is 0.301. The average molecular weight is 369 g/mol. The summed E-state index contributed by atoms with van der Waals surface area (Å²) in [5, 5.41) is 10.5. The molecule has 1 saturated heterocycles. The Bertz CT molecular complexity index is 935. The number of hydrogen-bond acceptors (Lipinski definition) is 5. The average Bonchev–Trinajstić information content (AvgIpc) is 3.31. The molecule has 0 unspecified atom stereocenters. The van der Waals surface area contributed by atoms with E-state index in [4.69, 9.17) is 9.97 Å². The molecule has 1 aliphatic heterocycles. The molecule has 2 aromatic heterocycles. The fraction of sp³-hybridized carbons (Fsp3) is 0.400. The van der Waals surface area contributed by atoms with Gasteiger partial charge in [-0.25, -0.2) is 4.39 Å². The van der Waals surface area contributed by atoms with Crippen molar-refractivity contribution in [3.63, 3.8) is 0 Å². The number of aromatic nitrogens is 3. The Balaban J connectivity index is 1.79. The molecule has 3 heterocycles. The molecule has 0 saturated carbocycles. The van der Waals surface area contributed by atoms with Crippen molar-refractivity contribution >= 4 is 22.8 Å². The van der Waals surface area contributed by atoms with Gasteiger partial charge in [0.25, 0.3) is 0 Å². The zero-order chi connectivity index (χ0) is 18.8. The molecule has 4 rings (SSSR count). The summed E-state index contributed by atoms with van der Waals surface area (Å²) in [6.45, 7) is 4.53. The third-order valence-corrected chi connectivity index (χ3v) is 4.97. The zero-order valence-electron chi connectivity index (χ0n) is 15.5. The molecule has 0 spiro atoms. The second-order valence-electron chi connectivity index (χ2n) is 6.99. The van der Waals surface area contributed by atoms with Crippen LogP contribution in [0.4, 0.5) is 16.2 Å². The van der Waals surface area contributed by atoms with Crippen LogP contribution < -0.4 is 9.80 Å². The van der Waals surface area contributed by atoms with Crippen LogP contribution >= 0.6 is 0 Å². The first-order chi connectivity index (χ1) is 13.2. The van der Waals surface area contributed by atoms with Crippen molar-refractivity contribution in [3.8, 4) is 0 Å². The van der Waals surface area contributed by atoms with Gasteiger partial charge in [0.1, 0.15) is 17.3 Å². The van der Waals surface area contributed by atoms with Gasteiger partial charge in [0.2, 0.25) is 5.95 Å². The van der Waals surface area contributed by atoms with Gasteiger partial charge in [0.15, 0.2) is 0 Å². The van der Waals surface area contributed by atoms with Gasteiger partial charge in [-0.3, -0.25) is 0 Å². The minimum Gasteiger partial charge on any atom is -0.395 e. The SMILES string of the molecule is Cc1cc2c(N(CCO)Cc3ccccc3F)nc(N3CCCC3)nc2[nH]1. The van der Waals surface area contributed by atoms with Gasteiger partial charge in [-0.05, 0) is 31.9 Å². The Morgan fingerprint density at radius 2 is 2.00 bits per heavy atom. The number of anilines is 2. The van der Waals surface area contributed by atoms with E-state index in [1.165, 1.54) is 6.07 Å². The summed E-state index contributed by atoms with van der Waals surface area (Å²) in [4.78, 5) is 16.9. The number of nitrogens with one attached hydrogen (secondary N) is 1. The Kier molecular flexibility index (Phi) is 4.94. The second-order valence-corrected chi connectivity index (χ2v) is 6.99. The second kappa shape index (κ2) is 7.52. The predicted molar refractivity (Wildman–Crippen MR) is 105 cm³/mol. The van der Waals surface area contributed by atoms with E-state index in [0.717, 1.165) is 48.5 Å². The first-order valence-electron chi connectivity index (χ1n) is 9.37. The lowest BCUT2D eigenvalue weighted by Gasteiger charge is -2.25. The summed E-state index contributed by atoms with van der Waals surface area (Å²) >= 11 is 0. The monoisotopic (exact) mass is 369 g/mol. The van der Waals surface area contributed by atoms with Crippen LogP contribution in [0, 0.1) is 12.7 Å². The minimum absolute atomic E-state index is 0.0393. The number of aliphatic hydroxyl groups is 1. The van der Waals surface area contributed by atoms with Crippen molar-refractivity contribution in [2.75, 3.05) is 36.0 Å². The van der Waals surface area contributed by atoms with Crippen LogP contribution in [0.5, 0.6) is 0 Å². The van der Waals surface area contributed by atoms with Crippen molar-refractivity contribution in [2.45, 2.75) is 26.3 Å². The molecule has 0 aliphatic carbocycles. The minimum atomic E-state index is -0.254. The van der Waals surface area contributed by atoms with E-state index in [1.54, 1.807) is 12.1 Å². The van der Waals surface area contributed by atoms with Gasteiger partial charge in [-0.1, -0.05) is 18.2 Å². The summed E-state index contributed by atoms with van der Waals surface area (Å²) in [5.74, 6) is 1.16. The normalized spacial score (nSPS) is 14.3. The van der Waals surface area contributed by atoms with Gasteiger partial charge < -0.3 is 19.9 Å². The molecule has 6 nitrogen and oxygen atoms in total. The molecule has 1 aliphatic rings. The van der Waals surface area contributed by atoms with Crippen molar-refractivity contribution in [2.24, 2.45) is 0 Å². The van der Waals surface area contributed by atoms with Crippen LogP contribution in [0.2, 0.25) is 0 Å². The molecule has 0 radical (unpaired) electrons. The first kappa shape index (κ1) is 17.7. The maximum Gasteiger partial charge on any atom is 0.229 e. The number of benzene rings is 1. The quantitative estimate of drug-likeness (QED) is 0.699. The zero-order valence-corrected chi connectivity index (χ0v) is 15.5. The molecule has 2 N–H and O–H groups in total. The Labute approximate surface area is 157 Å². The van der Waals surface area contributed by atoms with Crippen molar-refractivity contribution < 1.29 is 9.50 Å². The van der Waals surface area contributed by atoms with E-state index >= 15 is 0 Å². The first-order valence-corrected chi connectivity index (χ1v) is 9.37. The highest BCUT2D eigenvalue weighted by Crippen LogP contribution is 2.29. The number of aliphatic hydroxyl groups excluding tert-OH is 1. The van der Waals surface area contributed by atoms with E-state index in [-0.39, 0.29) is 12.4 Å². The molecule has 0 atom stereocenters. The van der Waals surface area contributed by atoms with E-state index in [0.29, 0.717) is 24.6 Å². The van der Waals surface area contributed by atoms with Crippen LogP contribution in [0.25, 0.3) is 11.0 Å². The summed E-state index contributed by atoms with van der Waals surface area (Å²) < 4.78 is 14.2. The largest absolute Gasteiger partial charge is 0.395 e. The molecule has 0 bridgehead atoms. The van der Waals surface area contributed by atoms with Gasteiger partial charge in [-0.15, -0.1) is 0 Å². The van der Waals surface area contributed by atoms with Crippen LogP contribution in [0.1, 0.15) is 24.1 Å². The molecular formula is C20H24FN5O. The Morgan fingerprint density at radius 3 is 2.74 bits per heavy atom. The molecule has 1 aromatic carbocycles. The van der Waals surface area contributed by atoms with Crippen LogP contribution in [0.15, 0.2) is 30.3 Å². The highest BCUT2D eigenvalue weighted by atomic mass is 19.1. The topological polar surface area (TPSA) is 68.3 Å². The van der Waals surface area contributed by atoms with Crippen LogP contribution in [-0.4, -0.2) is 46.3 Å². The van der Waals surface area contributed by atoms with E-state index in [2.05, 4.69) is 9.88 Å². The lowest BCUT2D eigenvalue weighted by atomic mass is 10.2. The number of aryl methyl sites for hydroxylation is 1. The maximum atomic E-state index is 14.2. The number of H-pyrrole nitrogens is 1. The summed E-state index contributed by atoms with van der Waals surface area (Å²) in [7, 11) is 0. The summed E-state index contributed by atoms with van der Waals surface area (Å²) in [6.07, 6.45) is 2.27. The number of halogens is 1. The molecule has 142 valence electrons. The standard InChI is InChI=1S/C20H24FN5O/c1-14-12-16-18(22-14)23-20(25-8-4-5-9-25)24-19(16)26(10-11-27)13-15-6-2-3-7-17(15)21/h2-3,6-7,12,27H,4-5,8-11,13H2,1H3,(H,22,23,24). The Hall–Kier alpha value is -2.67. The highest BCUT2D eigenvalue weighted by molar-refractivity contribution is 5.89. The number of fused-ring (bicyclic) bond motifs is 1. The molecule has 7 heteroatoms. The number of hydrogen-bond donors (Lipinski definition) is 2. The van der Waals surface area contributed by atoms with Crippen molar-refractivity contribution in [1.29, 1.82) is 0 Å². The van der Waals surface area contributed by atoms with Gasteiger partial charge in [-0.2, -0.15) is 9.97 Å². The van der Waals surface area contributed by atoms with Gasteiger partial charge in [0, 0.05) is 37.4 Å². The smallest absolute Gasteiger partial charge is 0.229 e. The Morgan fingerprint density at radius 1 is 1.22 bits per heavy atom. The molecular weight excluding hydrogens is 345 g/mol. The van der Waals surface area contributed by atoms with E-state index in [1.807, 2.05) is 24.0 Å². The highest BCUT2D eigenvalue weighted by Gasteiger charge is 2.21. The lowest BCUT2D eigenvalue weighted by Crippen LogP contribution is -2.29. The van der Waals surface area contributed by atoms with E-state index < -0.39 is 0 Å². The number of aromatic amines is 1. The fourth-order valence-electron chi connectivity index (χ4n) is 3.63. The molecule has 3 aromatic rings. The maximum absolute atomic E-state index is 14.2. The van der Waals surface area contributed by atoms with Crippen LogP contribution in [0.3, 0.4) is 0 Å². The molecule has 27 heavy (non-hydrogen) atoms. The van der Waals surface area contributed by atoms with Gasteiger partial charge in [0.05, 0.1) is 12.0 Å². The third-order valence-electron chi connectivity index (χ3n) is 4.97. The third kappa shape index (κ3) is 3.60. The van der Waals surface area contributed by atoms with Crippen LogP contribution in [-0.2, 0) is 6.54 Å². The van der Waals surface area contributed by atoms with Crippen molar-refractivity contribution in [1.82, 2.24) is 15.0 Å². The van der Waals surface area contributed by atoms with E-state index in [9.17, 15) is 9.50 Å². The van der Waals surface area contributed by atoms with Crippen molar-refractivity contribution in [3.05, 3.63) is 47.4 Å². The molecule has 0 amide bonds. The number of nitrogens with zero attached hydrogens (tertiary/aromatic N) is 4. The molecule has 1 fully saturated rings. The summed E-state index contributed by atoms with van der Waals surface area (Å²) in [6, 6.07) is 8.73. The predicted octanol–water partition coefficient (Wildman–Crippen LogP) is 3.00.